The summed E-state index contributed by atoms with van der Waals surface area (Å²) in [5.74, 6) is 0.0679. The molecule has 0 saturated heterocycles. The Morgan fingerprint density at radius 2 is 1.88 bits per heavy atom. The first-order valence-electron chi connectivity index (χ1n) is 9.55. The van der Waals surface area contributed by atoms with E-state index < -0.39 is 16.0 Å². The van der Waals surface area contributed by atoms with E-state index in [4.69, 9.17) is 9.92 Å². The second kappa shape index (κ2) is 9.52. The van der Waals surface area contributed by atoms with Crippen molar-refractivity contribution < 1.29 is 17.4 Å². The molecular weight excluding hydrogens is 432 g/mol. The fourth-order valence-corrected chi connectivity index (χ4v) is 3.31. The van der Waals surface area contributed by atoms with Crippen molar-refractivity contribution >= 4 is 39.2 Å². The van der Waals surface area contributed by atoms with E-state index in [1.54, 1.807) is 31.1 Å². The molecule has 1 heterocycles. The van der Waals surface area contributed by atoms with Crippen LogP contribution in [0.15, 0.2) is 54.7 Å². The molecule has 0 unspecified atom stereocenters. The standard InChI is InChI=1S/C21H24N6O4S/c1-27(2)17-11-15(9-10-18(17)31-32(3,29)30)25-21-24-13-16(19(22)28)20(26-21)23-12-14-7-5-4-6-8-14/h4-11,13H,12H2,1-3H3,(H2,22,28)(H2,23,24,25,26). The summed E-state index contributed by atoms with van der Waals surface area (Å²) in [6.45, 7) is 0.444. The van der Waals surface area contributed by atoms with Gasteiger partial charge in [-0.1, -0.05) is 30.3 Å². The Morgan fingerprint density at radius 3 is 2.50 bits per heavy atom. The SMILES string of the molecule is CN(C)c1cc(Nc2ncc(C(N)=O)c(NCc3ccccc3)n2)ccc1OS(C)(=O)=O. The van der Waals surface area contributed by atoms with Gasteiger partial charge in [-0.05, 0) is 23.8 Å². The molecule has 32 heavy (non-hydrogen) atoms. The van der Waals surface area contributed by atoms with Crippen LogP contribution in [0.5, 0.6) is 5.75 Å². The van der Waals surface area contributed by atoms with Crippen LogP contribution in [0.3, 0.4) is 0 Å². The van der Waals surface area contributed by atoms with Crippen LogP contribution >= 0.6 is 0 Å². The summed E-state index contributed by atoms with van der Waals surface area (Å²) in [5.41, 5.74) is 7.76. The summed E-state index contributed by atoms with van der Waals surface area (Å²) in [6, 6.07) is 14.5. The monoisotopic (exact) mass is 456 g/mol. The Kier molecular flexibility index (Phi) is 6.79. The third-order valence-corrected chi connectivity index (χ3v) is 4.78. The highest BCUT2D eigenvalue weighted by Crippen LogP contribution is 2.32. The lowest BCUT2D eigenvalue weighted by atomic mass is 10.2. The van der Waals surface area contributed by atoms with E-state index in [0.29, 0.717) is 23.7 Å². The van der Waals surface area contributed by atoms with Crippen molar-refractivity contribution in [2.45, 2.75) is 6.54 Å². The molecule has 3 aromatic rings. The van der Waals surface area contributed by atoms with E-state index in [1.165, 1.54) is 12.3 Å². The van der Waals surface area contributed by atoms with Gasteiger partial charge in [0.1, 0.15) is 5.82 Å². The number of rotatable bonds is 9. The first-order valence-corrected chi connectivity index (χ1v) is 11.4. The molecule has 0 radical (unpaired) electrons. The fraction of sp³-hybridized carbons (Fsp3) is 0.190. The van der Waals surface area contributed by atoms with Gasteiger partial charge in [0.2, 0.25) is 5.95 Å². The Balaban J connectivity index is 1.86. The number of benzene rings is 2. The van der Waals surface area contributed by atoms with E-state index >= 15 is 0 Å². The van der Waals surface area contributed by atoms with Crippen LogP contribution in [0.4, 0.5) is 23.1 Å². The summed E-state index contributed by atoms with van der Waals surface area (Å²) < 4.78 is 28.1. The lowest BCUT2D eigenvalue weighted by molar-refractivity contribution is 0.100. The number of carbonyl (C=O) groups is 1. The summed E-state index contributed by atoms with van der Waals surface area (Å²) in [5, 5.41) is 6.16. The smallest absolute Gasteiger partial charge is 0.306 e. The second-order valence-electron chi connectivity index (χ2n) is 7.15. The molecule has 0 aliphatic heterocycles. The van der Waals surface area contributed by atoms with Crippen LogP contribution in [0.25, 0.3) is 0 Å². The van der Waals surface area contributed by atoms with Gasteiger partial charge in [-0.2, -0.15) is 13.4 Å². The van der Waals surface area contributed by atoms with Gasteiger partial charge in [0, 0.05) is 32.5 Å². The predicted octanol–water partition coefficient (Wildman–Crippen LogP) is 2.34. The lowest BCUT2D eigenvalue weighted by Gasteiger charge is -2.18. The molecule has 1 amide bonds. The molecule has 0 spiro atoms. The highest BCUT2D eigenvalue weighted by atomic mass is 32.2. The number of anilines is 4. The Labute approximate surface area is 186 Å². The number of amides is 1. The van der Waals surface area contributed by atoms with Crippen molar-refractivity contribution in [3.05, 3.63) is 65.9 Å². The number of nitrogens with one attached hydrogen (secondary N) is 2. The third-order valence-electron chi connectivity index (χ3n) is 4.30. The molecule has 0 saturated carbocycles. The first-order chi connectivity index (χ1) is 15.1. The molecule has 3 rings (SSSR count). The molecule has 1 aromatic heterocycles. The van der Waals surface area contributed by atoms with Crippen molar-refractivity contribution in [3.8, 4) is 5.75 Å². The Hall–Kier alpha value is -3.86. The molecule has 0 bridgehead atoms. The van der Waals surface area contributed by atoms with Gasteiger partial charge < -0.3 is 25.5 Å². The maximum absolute atomic E-state index is 11.8. The van der Waals surface area contributed by atoms with Crippen molar-refractivity contribution in [3.63, 3.8) is 0 Å². The lowest BCUT2D eigenvalue weighted by Crippen LogP contribution is -2.17. The number of nitrogens with two attached hydrogens (primary N) is 1. The Bertz CT molecular complexity index is 1220. The van der Waals surface area contributed by atoms with Crippen LogP contribution in [-0.4, -0.2) is 44.6 Å². The molecule has 4 N–H and O–H groups in total. The molecule has 0 aliphatic rings. The normalized spacial score (nSPS) is 11.0. The zero-order chi connectivity index (χ0) is 23.3. The molecule has 0 fully saturated rings. The minimum atomic E-state index is -3.68. The van der Waals surface area contributed by atoms with Gasteiger partial charge in [-0.3, -0.25) is 4.79 Å². The summed E-state index contributed by atoms with van der Waals surface area (Å²) in [6.07, 6.45) is 2.33. The van der Waals surface area contributed by atoms with Gasteiger partial charge in [0.25, 0.3) is 5.91 Å². The van der Waals surface area contributed by atoms with E-state index in [-0.39, 0.29) is 17.3 Å². The molecule has 0 atom stereocenters. The van der Waals surface area contributed by atoms with Gasteiger partial charge >= 0.3 is 10.1 Å². The quantitative estimate of drug-likeness (QED) is 0.414. The topological polar surface area (TPSA) is 140 Å². The highest BCUT2D eigenvalue weighted by molar-refractivity contribution is 7.86. The maximum Gasteiger partial charge on any atom is 0.306 e. The van der Waals surface area contributed by atoms with Crippen LogP contribution in [0, 0.1) is 0 Å². The third kappa shape index (κ3) is 6.08. The van der Waals surface area contributed by atoms with Gasteiger partial charge in [0.05, 0.1) is 17.5 Å². The summed E-state index contributed by atoms with van der Waals surface area (Å²) in [4.78, 5) is 22.1. The number of aromatic nitrogens is 2. The van der Waals surface area contributed by atoms with Gasteiger partial charge in [-0.15, -0.1) is 0 Å². The number of hydrogen-bond acceptors (Lipinski definition) is 9. The molecule has 10 nitrogen and oxygen atoms in total. The number of carbonyl (C=O) groups excluding carboxylic acids is 1. The van der Waals surface area contributed by atoms with Crippen LogP contribution in [0.2, 0.25) is 0 Å². The van der Waals surface area contributed by atoms with Gasteiger partial charge in [0.15, 0.2) is 5.75 Å². The summed E-state index contributed by atoms with van der Waals surface area (Å²) >= 11 is 0. The Morgan fingerprint density at radius 1 is 1.16 bits per heavy atom. The van der Waals surface area contributed by atoms with E-state index in [9.17, 15) is 13.2 Å². The second-order valence-corrected chi connectivity index (χ2v) is 8.72. The van der Waals surface area contributed by atoms with Crippen molar-refractivity contribution in [1.29, 1.82) is 0 Å². The number of primary amides is 1. The van der Waals surface area contributed by atoms with Crippen LogP contribution in [0.1, 0.15) is 15.9 Å². The van der Waals surface area contributed by atoms with Crippen LogP contribution < -0.4 is 25.5 Å². The van der Waals surface area contributed by atoms with Crippen molar-refractivity contribution in [1.82, 2.24) is 9.97 Å². The zero-order valence-electron chi connectivity index (χ0n) is 17.9. The minimum absolute atomic E-state index is 0.164. The number of hydrogen-bond donors (Lipinski definition) is 3. The van der Waals surface area contributed by atoms with Crippen molar-refractivity contribution in [2.24, 2.45) is 5.73 Å². The molecule has 11 heteroatoms. The minimum Gasteiger partial charge on any atom is -0.380 e. The van der Waals surface area contributed by atoms with Gasteiger partial charge in [-0.25, -0.2) is 4.98 Å². The fourth-order valence-electron chi connectivity index (χ4n) is 2.85. The number of nitrogens with zero attached hydrogens (tertiary/aromatic N) is 3. The average Bonchev–Trinajstić information content (AvgIpc) is 2.73. The van der Waals surface area contributed by atoms with Crippen LogP contribution in [-0.2, 0) is 16.7 Å². The van der Waals surface area contributed by atoms with E-state index in [2.05, 4.69) is 20.6 Å². The summed E-state index contributed by atoms with van der Waals surface area (Å²) in [7, 11) is -0.153. The first kappa shape index (κ1) is 22.8. The largest absolute Gasteiger partial charge is 0.380 e. The molecule has 2 aromatic carbocycles. The predicted molar refractivity (Wildman–Crippen MR) is 124 cm³/mol. The average molecular weight is 457 g/mol. The van der Waals surface area contributed by atoms with E-state index in [0.717, 1.165) is 11.8 Å². The molecule has 0 aliphatic carbocycles. The maximum atomic E-state index is 11.8. The molecular formula is C21H24N6O4S. The zero-order valence-corrected chi connectivity index (χ0v) is 18.7. The van der Waals surface area contributed by atoms with Crippen molar-refractivity contribution in [2.75, 3.05) is 35.9 Å². The highest BCUT2D eigenvalue weighted by Gasteiger charge is 2.15. The molecule has 168 valence electrons. The van der Waals surface area contributed by atoms with E-state index in [1.807, 2.05) is 30.3 Å².